The number of likely N-dealkylation sites (N-methyl/N-ethyl adjacent to an activating group) is 1. The number of unbranched alkanes of at least 4 members (excludes halogenated alkanes) is 11. The lowest BCUT2D eigenvalue weighted by Gasteiger charge is -2.17. The molecule has 0 spiro atoms. The zero-order valence-electron chi connectivity index (χ0n) is 18.9. The number of rotatable bonds is 16. The molecule has 0 fully saturated rings. The maximum atomic E-state index is 12.4. The van der Waals surface area contributed by atoms with Gasteiger partial charge in [-0.05, 0) is 25.0 Å². The molecule has 0 bridgehead atoms. The van der Waals surface area contributed by atoms with E-state index >= 15 is 0 Å². The minimum absolute atomic E-state index is 0.00851. The quantitative estimate of drug-likeness (QED) is 0.240. The van der Waals surface area contributed by atoms with Crippen molar-refractivity contribution in [2.45, 2.75) is 90.9 Å². The van der Waals surface area contributed by atoms with Crippen molar-refractivity contribution in [3.8, 4) is 0 Å². The minimum Gasteiger partial charge on any atom is -0.464 e. The second-order valence-electron chi connectivity index (χ2n) is 8.09. The van der Waals surface area contributed by atoms with Crippen LogP contribution in [0.1, 0.15) is 99.9 Å². The predicted octanol–water partition coefficient (Wildman–Crippen LogP) is 6.31. The highest BCUT2D eigenvalue weighted by atomic mass is 16.5. The lowest BCUT2D eigenvalue weighted by atomic mass is 10.1. The molecule has 0 saturated carbocycles. The maximum Gasteiger partial charge on any atom is 0.325 e. The molecule has 0 atom stereocenters. The highest BCUT2D eigenvalue weighted by Gasteiger charge is 2.17. The van der Waals surface area contributed by atoms with Crippen LogP contribution in [0.15, 0.2) is 24.3 Å². The number of aryl methyl sites for hydroxylation is 1. The van der Waals surface area contributed by atoms with Gasteiger partial charge in [0, 0.05) is 12.6 Å². The average Bonchev–Trinajstić information content (AvgIpc) is 2.71. The van der Waals surface area contributed by atoms with Gasteiger partial charge in [-0.3, -0.25) is 9.59 Å². The molecule has 1 aromatic rings. The van der Waals surface area contributed by atoms with Gasteiger partial charge in [0.25, 0.3) is 5.91 Å². The molecular weight excluding hydrogens is 362 g/mol. The van der Waals surface area contributed by atoms with Crippen LogP contribution in [-0.4, -0.2) is 37.0 Å². The molecule has 0 aromatic heterocycles. The summed E-state index contributed by atoms with van der Waals surface area (Å²) in [6.07, 6.45) is 15.4. The summed E-state index contributed by atoms with van der Waals surface area (Å²) in [4.78, 5) is 25.8. The van der Waals surface area contributed by atoms with Gasteiger partial charge in [-0.15, -0.1) is 0 Å². The van der Waals surface area contributed by atoms with Gasteiger partial charge < -0.3 is 9.64 Å². The molecule has 0 N–H and O–H groups in total. The normalized spacial score (nSPS) is 10.7. The van der Waals surface area contributed by atoms with Crippen molar-refractivity contribution in [3.63, 3.8) is 0 Å². The van der Waals surface area contributed by atoms with E-state index in [4.69, 9.17) is 4.74 Å². The number of esters is 1. The first-order valence-electron chi connectivity index (χ1n) is 11.5. The Balaban J connectivity index is 2.00. The van der Waals surface area contributed by atoms with E-state index < -0.39 is 0 Å². The van der Waals surface area contributed by atoms with Gasteiger partial charge in [0.05, 0.1) is 6.61 Å². The van der Waals surface area contributed by atoms with Crippen LogP contribution in [-0.2, 0) is 9.53 Å². The topological polar surface area (TPSA) is 46.6 Å². The monoisotopic (exact) mass is 403 g/mol. The predicted molar refractivity (Wildman–Crippen MR) is 120 cm³/mol. The average molecular weight is 404 g/mol. The third-order valence-corrected chi connectivity index (χ3v) is 5.35. The molecule has 0 aliphatic rings. The molecule has 0 radical (unpaired) electrons. The summed E-state index contributed by atoms with van der Waals surface area (Å²) >= 11 is 0. The molecule has 1 rings (SSSR count). The Morgan fingerprint density at radius 3 is 1.90 bits per heavy atom. The summed E-state index contributed by atoms with van der Waals surface area (Å²) in [5.74, 6) is -0.483. The number of hydrogen-bond donors (Lipinski definition) is 0. The molecular formula is C25H41NO3. The van der Waals surface area contributed by atoms with Gasteiger partial charge in [-0.25, -0.2) is 0 Å². The van der Waals surface area contributed by atoms with Crippen LogP contribution in [0, 0.1) is 6.92 Å². The Morgan fingerprint density at radius 2 is 1.34 bits per heavy atom. The molecule has 0 saturated heterocycles. The van der Waals surface area contributed by atoms with Crippen molar-refractivity contribution in [2.24, 2.45) is 0 Å². The first-order valence-corrected chi connectivity index (χ1v) is 11.5. The zero-order chi connectivity index (χ0) is 21.3. The van der Waals surface area contributed by atoms with E-state index in [1.54, 1.807) is 13.1 Å². The van der Waals surface area contributed by atoms with E-state index in [9.17, 15) is 9.59 Å². The summed E-state index contributed by atoms with van der Waals surface area (Å²) in [5, 5.41) is 0. The van der Waals surface area contributed by atoms with Gasteiger partial charge in [0.1, 0.15) is 6.54 Å². The molecule has 1 amide bonds. The first-order chi connectivity index (χ1) is 14.1. The largest absolute Gasteiger partial charge is 0.464 e. The van der Waals surface area contributed by atoms with Crippen molar-refractivity contribution in [1.29, 1.82) is 0 Å². The SMILES string of the molecule is CCCCCCCCCCCCCCOC(=O)CN(C)C(=O)c1ccccc1C. The number of nitrogens with zero attached hydrogens (tertiary/aromatic N) is 1. The third-order valence-electron chi connectivity index (χ3n) is 5.35. The van der Waals surface area contributed by atoms with Crippen molar-refractivity contribution in [1.82, 2.24) is 4.90 Å². The summed E-state index contributed by atoms with van der Waals surface area (Å²) in [6, 6.07) is 7.41. The van der Waals surface area contributed by atoms with Crippen LogP contribution in [0.5, 0.6) is 0 Å². The van der Waals surface area contributed by atoms with Gasteiger partial charge in [-0.2, -0.15) is 0 Å². The van der Waals surface area contributed by atoms with Gasteiger partial charge in [0.2, 0.25) is 0 Å². The second kappa shape index (κ2) is 16.0. The molecule has 0 aliphatic carbocycles. The lowest BCUT2D eigenvalue weighted by molar-refractivity contribution is -0.144. The van der Waals surface area contributed by atoms with Crippen molar-refractivity contribution >= 4 is 11.9 Å². The van der Waals surface area contributed by atoms with E-state index in [0.29, 0.717) is 12.2 Å². The second-order valence-corrected chi connectivity index (χ2v) is 8.09. The molecule has 1 aromatic carbocycles. The van der Waals surface area contributed by atoms with E-state index in [-0.39, 0.29) is 18.4 Å². The summed E-state index contributed by atoms with van der Waals surface area (Å²) in [5.41, 5.74) is 1.54. The molecule has 4 nitrogen and oxygen atoms in total. The number of benzene rings is 1. The number of carbonyl (C=O) groups excluding carboxylic acids is 2. The highest BCUT2D eigenvalue weighted by Crippen LogP contribution is 2.12. The Labute approximate surface area is 178 Å². The maximum absolute atomic E-state index is 12.4. The third kappa shape index (κ3) is 11.7. The lowest BCUT2D eigenvalue weighted by Crippen LogP contribution is -2.33. The Kier molecular flexibility index (Phi) is 13.9. The number of ether oxygens (including phenoxy) is 1. The molecule has 0 aliphatic heterocycles. The van der Waals surface area contributed by atoms with Crippen LogP contribution in [0.4, 0.5) is 0 Å². The first kappa shape index (κ1) is 25.2. The molecule has 0 heterocycles. The fourth-order valence-corrected chi connectivity index (χ4v) is 3.46. The van der Waals surface area contributed by atoms with Crippen LogP contribution in [0.25, 0.3) is 0 Å². The fourth-order valence-electron chi connectivity index (χ4n) is 3.46. The van der Waals surface area contributed by atoms with Gasteiger partial charge in [0.15, 0.2) is 0 Å². The minimum atomic E-state index is -0.336. The van der Waals surface area contributed by atoms with E-state index in [1.807, 2.05) is 25.1 Å². The van der Waals surface area contributed by atoms with Crippen molar-refractivity contribution in [3.05, 3.63) is 35.4 Å². The Hall–Kier alpha value is -1.84. The van der Waals surface area contributed by atoms with Crippen LogP contribution in [0.3, 0.4) is 0 Å². The molecule has 4 heteroatoms. The standard InChI is InChI=1S/C25H41NO3/c1-4-5-6-7-8-9-10-11-12-13-14-17-20-29-24(27)21-26(3)25(28)23-19-16-15-18-22(23)2/h15-16,18-19H,4-14,17,20-21H2,1-3H3. The summed E-state index contributed by atoms with van der Waals surface area (Å²) in [6.45, 7) is 4.59. The van der Waals surface area contributed by atoms with Gasteiger partial charge in [-0.1, -0.05) is 95.8 Å². The van der Waals surface area contributed by atoms with Crippen molar-refractivity contribution < 1.29 is 14.3 Å². The summed E-state index contributed by atoms with van der Waals surface area (Å²) in [7, 11) is 1.64. The highest BCUT2D eigenvalue weighted by molar-refractivity contribution is 5.97. The van der Waals surface area contributed by atoms with Crippen LogP contribution >= 0.6 is 0 Å². The van der Waals surface area contributed by atoms with E-state index in [2.05, 4.69) is 6.92 Å². The molecule has 29 heavy (non-hydrogen) atoms. The smallest absolute Gasteiger partial charge is 0.325 e. The van der Waals surface area contributed by atoms with Gasteiger partial charge >= 0.3 is 5.97 Å². The van der Waals surface area contributed by atoms with E-state index in [1.165, 1.54) is 69.1 Å². The fraction of sp³-hybridized carbons (Fsp3) is 0.680. The van der Waals surface area contributed by atoms with E-state index in [0.717, 1.165) is 18.4 Å². The number of hydrogen-bond acceptors (Lipinski definition) is 3. The molecule has 164 valence electrons. The summed E-state index contributed by atoms with van der Waals surface area (Å²) < 4.78 is 5.29. The zero-order valence-corrected chi connectivity index (χ0v) is 18.9. The number of amides is 1. The van der Waals surface area contributed by atoms with Crippen LogP contribution < -0.4 is 0 Å². The van der Waals surface area contributed by atoms with Crippen LogP contribution in [0.2, 0.25) is 0 Å². The number of carbonyl (C=O) groups is 2. The molecule has 0 unspecified atom stereocenters. The Bertz CT molecular complexity index is 585. The Morgan fingerprint density at radius 1 is 0.828 bits per heavy atom. The van der Waals surface area contributed by atoms with Crippen molar-refractivity contribution in [2.75, 3.05) is 20.2 Å².